The highest BCUT2D eigenvalue weighted by Gasteiger charge is 2.19. The van der Waals surface area contributed by atoms with Crippen molar-refractivity contribution in [1.29, 1.82) is 0 Å². The molecule has 0 bridgehead atoms. The van der Waals surface area contributed by atoms with Gasteiger partial charge in [-0.25, -0.2) is 0 Å². The van der Waals surface area contributed by atoms with Crippen molar-refractivity contribution in [2.75, 3.05) is 43.1 Å². The zero-order chi connectivity index (χ0) is 11.0. The van der Waals surface area contributed by atoms with Gasteiger partial charge in [0.2, 0.25) is 0 Å². The standard InChI is InChI=1S/C12H16N2O2/c15-12-8-10-9(1-2-13-10)7-11(12)14-3-5-16-6-4-14/h7-8,13,15H,1-6H2. The van der Waals surface area contributed by atoms with Crippen LogP contribution in [0.25, 0.3) is 0 Å². The van der Waals surface area contributed by atoms with Crippen LogP contribution in [-0.4, -0.2) is 38.0 Å². The second-order valence-electron chi connectivity index (χ2n) is 4.27. The lowest BCUT2D eigenvalue weighted by atomic mass is 10.1. The molecule has 0 saturated carbocycles. The van der Waals surface area contributed by atoms with E-state index >= 15 is 0 Å². The molecule has 4 nitrogen and oxygen atoms in total. The number of benzene rings is 1. The molecule has 0 aromatic heterocycles. The smallest absolute Gasteiger partial charge is 0.140 e. The molecule has 1 aromatic carbocycles. The molecular weight excluding hydrogens is 204 g/mol. The minimum absolute atomic E-state index is 0.370. The van der Waals surface area contributed by atoms with Crippen molar-refractivity contribution in [3.63, 3.8) is 0 Å². The highest BCUT2D eigenvalue weighted by molar-refractivity contribution is 5.70. The summed E-state index contributed by atoms with van der Waals surface area (Å²) in [5.74, 6) is 0.370. The fraction of sp³-hybridized carbons (Fsp3) is 0.500. The van der Waals surface area contributed by atoms with Crippen LogP contribution in [0.3, 0.4) is 0 Å². The molecule has 0 spiro atoms. The van der Waals surface area contributed by atoms with Crippen molar-refractivity contribution in [2.24, 2.45) is 0 Å². The van der Waals surface area contributed by atoms with Gasteiger partial charge in [0, 0.05) is 31.4 Å². The van der Waals surface area contributed by atoms with Gasteiger partial charge in [-0.1, -0.05) is 0 Å². The van der Waals surface area contributed by atoms with Crippen LogP contribution in [-0.2, 0) is 11.2 Å². The molecule has 86 valence electrons. The van der Waals surface area contributed by atoms with Crippen molar-refractivity contribution in [1.82, 2.24) is 0 Å². The molecule has 1 fully saturated rings. The van der Waals surface area contributed by atoms with E-state index in [9.17, 15) is 5.11 Å². The van der Waals surface area contributed by atoms with E-state index < -0.39 is 0 Å². The molecule has 2 N–H and O–H groups in total. The summed E-state index contributed by atoms with van der Waals surface area (Å²) in [6.07, 6.45) is 1.05. The number of morpholine rings is 1. The van der Waals surface area contributed by atoms with E-state index in [1.165, 1.54) is 5.56 Å². The van der Waals surface area contributed by atoms with E-state index in [-0.39, 0.29) is 0 Å². The molecule has 0 atom stereocenters. The van der Waals surface area contributed by atoms with Gasteiger partial charge in [-0.3, -0.25) is 0 Å². The van der Waals surface area contributed by atoms with E-state index in [2.05, 4.69) is 16.3 Å². The molecule has 0 radical (unpaired) electrons. The summed E-state index contributed by atoms with van der Waals surface area (Å²) in [4.78, 5) is 2.19. The lowest BCUT2D eigenvalue weighted by molar-refractivity contribution is 0.122. The average molecular weight is 220 g/mol. The first-order valence-electron chi connectivity index (χ1n) is 5.77. The average Bonchev–Trinajstić information content (AvgIpc) is 2.76. The number of rotatable bonds is 1. The van der Waals surface area contributed by atoms with E-state index in [1.54, 1.807) is 0 Å². The third-order valence-electron chi connectivity index (χ3n) is 3.26. The molecule has 2 aliphatic rings. The Balaban J connectivity index is 1.94. The van der Waals surface area contributed by atoms with Crippen molar-refractivity contribution in [3.05, 3.63) is 17.7 Å². The monoisotopic (exact) mass is 220 g/mol. The van der Waals surface area contributed by atoms with Crippen molar-refractivity contribution < 1.29 is 9.84 Å². The Morgan fingerprint density at radius 1 is 1.25 bits per heavy atom. The third-order valence-corrected chi connectivity index (χ3v) is 3.26. The Bertz CT molecular complexity index is 400. The van der Waals surface area contributed by atoms with Crippen molar-refractivity contribution >= 4 is 11.4 Å². The van der Waals surface area contributed by atoms with Crippen LogP contribution in [0.4, 0.5) is 11.4 Å². The van der Waals surface area contributed by atoms with Gasteiger partial charge in [-0.05, 0) is 18.1 Å². The Hall–Kier alpha value is -1.42. The maximum absolute atomic E-state index is 10.0. The summed E-state index contributed by atoms with van der Waals surface area (Å²) in [5.41, 5.74) is 3.33. The minimum atomic E-state index is 0.370. The first kappa shape index (κ1) is 9.78. The molecule has 0 aliphatic carbocycles. The number of anilines is 2. The highest BCUT2D eigenvalue weighted by atomic mass is 16.5. The first-order chi connectivity index (χ1) is 7.84. The second kappa shape index (κ2) is 3.87. The number of aromatic hydroxyl groups is 1. The summed E-state index contributed by atoms with van der Waals surface area (Å²) >= 11 is 0. The van der Waals surface area contributed by atoms with E-state index in [0.717, 1.165) is 50.6 Å². The molecule has 16 heavy (non-hydrogen) atoms. The lowest BCUT2D eigenvalue weighted by Crippen LogP contribution is -2.36. The highest BCUT2D eigenvalue weighted by Crippen LogP contribution is 2.35. The van der Waals surface area contributed by atoms with Crippen LogP contribution in [0, 0.1) is 0 Å². The number of hydrogen-bond acceptors (Lipinski definition) is 4. The molecule has 2 aliphatic heterocycles. The Morgan fingerprint density at radius 3 is 2.88 bits per heavy atom. The van der Waals surface area contributed by atoms with E-state index in [1.807, 2.05) is 6.07 Å². The third kappa shape index (κ3) is 1.59. The van der Waals surface area contributed by atoms with Gasteiger partial charge in [0.05, 0.1) is 18.9 Å². The SMILES string of the molecule is Oc1cc2c(cc1N1CCOCC1)CCN2. The van der Waals surface area contributed by atoms with Crippen molar-refractivity contribution in [3.8, 4) is 5.75 Å². The maximum Gasteiger partial charge on any atom is 0.140 e. The van der Waals surface area contributed by atoms with Crippen LogP contribution in [0.15, 0.2) is 12.1 Å². The van der Waals surface area contributed by atoms with Gasteiger partial charge in [-0.2, -0.15) is 0 Å². The number of phenols is 1. The lowest BCUT2D eigenvalue weighted by Gasteiger charge is -2.29. The number of nitrogens with one attached hydrogen (secondary N) is 1. The Labute approximate surface area is 94.8 Å². The number of hydrogen-bond donors (Lipinski definition) is 2. The molecule has 0 unspecified atom stereocenters. The topological polar surface area (TPSA) is 44.7 Å². The van der Waals surface area contributed by atoms with E-state index in [4.69, 9.17) is 4.74 Å². The summed E-state index contributed by atoms with van der Waals surface area (Å²) in [6, 6.07) is 3.95. The Morgan fingerprint density at radius 2 is 2.06 bits per heavy atom. The summed E-state index contributed by atoms with van der Waals surface area (Å²) in [6.45, 7) is 4.18. The molecule has 2 heterocycles. The molecular formula is C12H16N2O2. The summed E-state index contributed by atoms with van der Waals surface area (Å²) in [7, 11) is 0. The van der Waals surface area contributed by atoms with Crippen LogP contribution in [0.5, 0.6) is 5.75 Å². The van der Waals surface area contributed by atoms with Gasteiger partial charge in [-0.15, -0.1) is 0 Å². The maximum atomic E-state index is 10.0. The van der Waals surface area contributed by atoms with Crippen LogP contribution in [0.2, 0.25) is 0 Å². The van der Waals surface area contributed by atoms with Gasteiger partial charge >= 0.3 is 0 Å². The zero-order valence-electron chi connectivity index (χ0n) is 9.20. The quantitative estimate of drug-likeness (QED) is 0.746. The molecule has 3 rings (SSSR count). The zero-order valence-corrected chi connectivity index (χ0v) is 9.20. The summed E-state index contributed by atoms with van der Waals surface area (Å²) in [5, 5.41) is 13.3. The fourth-order valence-corrected chi connectivity index (χ4v) is 2.38. The number of ether oxygens (including phenoxy) is 1. The molecule has 1 aromatic rings. The molecule has 0 amide bonds. The predicted molar refractivity (Wildman–Crippen MR) is 63.3 cm³/mol. The van der Waals surface area contributed by atoms with Crippen LogP contribution in [0.1, 0.15) is 5.56 Å². The van der Waals surface area contributed by atoms with Crippen LogP contribution < -0.4 is 10.2 Å². The number of nitrogens with zero attached hydrogens (tertiary/aromatic N) is 1. The van der Waals surface area contributed by atoms with Gasteiger partial charge < -0.3 is 20.1 Å². The Kier molecular flexibility index (Phi) is 2.36. The minimum Gasteiger partial charge on any atom is -0.506 e. The van der Waals surface area contributed by atoms with E-state index in [0.29, 0.717) is 5.75 Å². The van der Waals surface area contributed by atoms with Gasteiger partial charge in [0.25, 0.3) is 0 Å². The first-order valence-corrected chi connectivity index (χ1v) is 5.77. The predicted octanol–water partition coefficient (Wildman–Crippen LogP) is 1.20. The number of fused-ring (bicyclic) bond motifs is 1. The number of phenolic OH excluding ortho intramolecular Hbond substituents is 1. The normalized spacial score (nSPS) is 19.4. The largest absolute Gasteiger partial charge is 0.506 e. The van der Waals surface area contributed by atoms with Crippen molar-refractivity contribution in [2.45, 2.75) is 6.42 Å². The molecule has 4 heteroatoms. The van der Waals surface area contributed by atoms with Gasteiger partial charge in [0.15, 0.2) is 0 Å². The van der Waals surface area contributed by atoms with Crippen LogP contribution >= 0.6 is 0 Å². The van der Waals surface area contributed by atoms with Gasteiger partial charge in [0.1, 0.15) is 5.75 Å². The fourth-order valence-electron chi connectivity index (χ4n) is 2.38. The second-order valence-corrected chi connectivity index (χ2v) is 4.27. The summed E-state index contributed by atoms with van der Waals surface area (Å²) < 4.78 is 5.32. The molecule has 1 saturated heterocycles.